The van der Waals surface area contributed by atoms with E-state index < -0.39 is 0 Å². The van der Waals surface area contributed by atoms with Crippen molar-refractivity contribution in [2.45, 2.75) is 20.1 Å². The molecule has 0 spiro atoms. The van der Waals surface area contributed by atoms with Crippen LogP contribution in [0.4, 0.5) is 5.69 Å². The number of halogens is 2. The number of carbonyl (C=O) groups excluding carboxylic acids is 1. The Balaban J connectivity index is 1.65. The Morgan fingerprint density at radius 3 is 2.39 bits per heavy atom. The van der Waals surface area contributed by atoms with Crippen LogP contribution >= 0.6 is 27.5 Å². The molecule has 1 N–H and O–H groups in total. The number of methoxy groups -OCH3 is 1. The third-order valence-electron chi connectivity index (χ3n) is 4.52. The SMILES string of the molecule is CCOC(=O)c1ccc(NCc2cc(OC)c(OCc3ccc(Cl)cc3)cc2Br)cc1. The summed E-state index contributed by atoms with van der Waals surface area (Å²) in [4.78, 5) is 11.8. The van der Waals surface area contributed by atoms with Crippen molar-refractivity contribution in [3.63, 3.8) is 0 Å². The number of hydrogen-bond donors (Lipinski definition) is 1. The number of rotatable bonds is 9. The van der Waals surface area contributed by atoms with E-state index in [9.17, 15) is 4.79 Å². The molecule has 0 atom stereocenters. The number of esters is 1. The first-order valence-corrected chi connectivity index (χ1v) is 10.9. The summed E-state index contributed by atoms with van der Waals surface area (Å²) >= 11 is 9.54. The van der Waals surface area contributed by atoms with Crippen LogP contribution < -0.4 is 14.8 Å². The average Bonchev–Trinajstić information content (AvgIpc) is 2.78. The van der Waals surface area contributed by atoms with Crippen molar-refractivity contribution in [3.8, 4) is 11.5 Å². The van der Waals surface area contributed by atoms with Gasteiger partial charge in [-0.3, -0.25) is 0 Å². The Morgan fingerprint density at radius 2 is 1.74 bits per heavy atom. The molecule has 0 unspecified atom stereocenters. The van der Waals surface area contributed by atoms with Gasteiger partial charge < -0.3 is 19.5 Å². The van der Waals surface area contributed by atoms with E-state index in [0.29, 0.717) is 41.8 Å². The Hall–Kier alpha value is -2.70. The topological polar surface area (TPSA) is 56.8 Å². The number of nitrogens with one attached hydrogen (secondary N) is 1. The van der Waals surface area contributed by atoms with Gasteiger partial charge in [0.2, 0.25) is 0 Å². The minimum absolute atomic E-state index is 0.323. The second-order valence-electron chi connectivity index (χ2n) is 6.66. The van der Waals surface area contributed by atoms with Gasteiger partial charge in [-0.1, -0.05) is 39.7 Å². The molecule has 0 aliphatic rings. The van der Waals surface area contributed by atoms with Gasteiger partial charge in [0, 0.05) is 21.7 Å². The highest BCUT2D eigenvalue weighted by molar-refractivity contribution is 9.10. The molecule has 0 heterocycles. The lowest BCUT2D eigenvalue weighted by atomic mass is 10.1. The van der Waals surface area contributed by atoms with E-state index in [1.807, 2.05) is 48.5 Å². The van der Waals surface area contributed by atoms with E-state index in [2.05, 4.69) is 21.2 Å². The highest BCUT2D eigenvalue weighted by atomic mass is 79.9. The monoisotopic (exact) mass is 503 g/mol. The first-order valence-electron chi connectivity index (χ1n) is 9.75. The first-order chi connectivity index (χ1) is 15.0. The van der Waals surface area contributed by atoms with Crippen LogP contribution in [0.25, 0.3) is 0 Å². The molecule has 0 aromatic heterocycles. The van der Waals surface area contributed by atoms with Crippen LogP contribution in [-0.4, -0.2) is 19.7 Å². The predicted octanol–water partition coefficient (Wildman–Crippen LogP) is 6.48. The lowest BCUT2D eigenvalue weighted by Gasteiger charge is -2.15. The van der Waals surface area contributed by atoms with Crippen LogP contribution in [0.1, 0.15) is 28.4 Å². The molecular weight excluding hydrogens is 482 g/mol. The van der Waals surface area contributed by atoms with Gasteiger partial charge in [0.15, 0.2) is 11.5 Å². The number of benzene rings is 3. The quantitative estimate of drug-likeness (QED) is 0.338. The lowest BCUT2D eigenvalue weighted by Crippen LogP contribution is -2.05. The van der Waals surface area contributed by atoms with Gasteiger partial charge in [-0.15, -0.1) is 0 Å². The molecule has 0 aliphatic carbocycles. The summed E-state index contributed by atoms with van der Waals surface area (Å²) < 4.78 is 17.4. The molecular formula is C24H23BrClNO4. The maximum Gasteiger partial charge on any atom is 0.338 e. The zero-order chi connectivity index (χ0) is 22.2. The summed E-state index contributed by atoms with van der Waals surface area (Å²) in [5.41, 5.74) is 3.43. The van der Waals surface area contributed by atoms with Crippen molar-refractivity contribution in [1.82, 2.24) is 0 Å². The van der Waals surface area contributed by atoms with E-state index in [1.165, 1.54) is 0 Å². The van der Waals surface area contributed by atoms with Gasteiger partial charge in [-0.05, 0) is 66.6 Å². The van der Waals surface area contributed by atoms with Gasteiger partial charge in [0.25, 0.3) is 0 Å². The molecule has 0 fully saturated rings. The summed E-state index contributed by atoms with van der Waals surface area (Å²) in [7, 11) is 1.61. The summed E-state index contributed by atoms with van der Waals surface area (Å²) in [6.45, 7) is 3.11. The number of ether oxygens (including phenoxy) is 3. The van der Waals surface area contributed by atoms with Crippen molar-refractivity contribution in [2.24, 2.45) is 0 Å². The second kappa shape index (κ2) is 11.1. The Labute approximate surface area is 195 Å². The minimum Gasteiger partial charge on any atom is -0.493 e. The summed E-state index contributed by atoms with van der Waals surface area (Å²) in [5.74, 6) is 0.967. The van der Waals surface area contributed by atoms with E-state index >= 15 is 0 Å². The molecule has 0 bridgehead atoms. The predicted molar refractivity (Wildman–Crippen MR) is 126 cm³/mol. The van der Waals surface area contributed by atoms with E-state index in [4.69, 9.17) is 25.8 Å². The van der Waals surface area contributed by atoms with Gasteiger partial charge in [0.1, 0.15) is 6.61 Å². The number of anilines is 1. The van der Waals surface area contributed by atoms with Crippen LogP contribution in [0.5, 0.6) is 11.5 Å². The van der Waals surface area contributed by atoms with Crippen LogP contribution in [-0.2, 0) is 17.9 Å². The maximum absolute atomic E-state index is 11.8. The van der Waals surface area contributed by atoms with Crippen LogP contribution in [0, 0.1) is 0 Å². The van der Waals surface area contributed by atoms with Crippen molar-refractivity contribution >= 4 is 39.2 Å². The molecule has 3 aromatic carbocycles. The molecule has 31 heavy (non-hydrogen) atoms. The summed E-state index contributed by atoms with van der Waals surface area (Å²) in [5, 5.41) is 4.03. The zero-order valence-electron chi connectivity index (χ0n) is 17.3. The number of carbonyl (C=O) groups is 1. The van der Waals surface area contributed by atoms with Gasteiger partial charge in [-0.2, -0.15) is 0 Å². The van der Waals surface area contributed by atoms with Crippen LogP contribution in [0.15, 0.2) is 65.1 Å². The van der Waals surface area contributed by atoms with Gasteiger partial charge in [-0.25, -0.2) is 4.79 Å². The zero-order valence-corrected chi connectivity index (χ0v) is 19.6. The fraction of sp³-hybridized carbons (Fsp3) is 0.208. The molecule has 0 radical (unpaired) electrons. The number of hydrogen-bond acceptors (Lipinski definition) is 5. The summed E-state index contributed by atoms with van der Waals surface area (Å²) in [6, 6.07) is 18.5. The van der Waals surface area contributed by atoms with Crippen molar-refractivity contribution < 1.29 is 19.0 Å². The molecule has 7 heteroatoms. The molecule has 3 rings (SSSR count). The Bertz CT molecular complexity index is 1020. The molecule has 0 aliphatic heterocycles. The van der Waals surface area contributed by atoms with E-state index in [1.54, 1.807) is 26.2 Å². The Morgan fingerprint density at radius 1 is 1.03 bits per heavy atom. The molecule has 162 valence electrons. The molecule has 0 saturated carbocycles. The third kappa shape index (κ3) is 6.39. The van der Waals surface area contributed by atoms with E-state index in [-0.39, 0.29) is 5.97 Å². The lowest BCUT2D eigenvalue weighted by molar-refractivity contribution is 0.0526. The highest BCUT2D eigenvalue weighted by Crippen LogP contribution is 2.34. The highest BCUT2D eigenvalue weighted by Gasteiger charge is 2.11. The fourth-order valence-corrected chi connectivity index (χ4v) is 3.45. The standard InChI is InChI=1S/C24H23BrClNO4/c1-3-30-24(28)17-6-10-20(11-7-17)27-14-18-12-22(29-2)23(13-21(18)25)31-15-16-4-8-19(26)9-5-16/h4-13,27H,3,14-15H2,1-2H3. The largest absolute Gasteiger partial charge is 0.493 e. The minimum atomic E-state index is -0.323. The van der Waals surface area contributed by atoms with Gasteiger partial charge >= 0.3 is 5.97 Å². The van der Waals surface area contributed by atoms with Crippen molar-refractivity contribution in [3.05, 3.63) is 86.8 Å². The smallest absolute Gasteiger partial charge is 0.338 e. The molecule has 0 amide bonds. The Kier molecular flexibility index (Phi) is 8.20. The summed E-state index contributed by atoms with van der Waals surface area (Å²) in [6.07, 6.45) is 0. The second-order valence-corrected chi connectivity index (χ2v) is 7.95. The van der Waals surface area contributed by atoms with Crippen LogP contribution in [0.3, 0.4) is 0 Å². The molecule has 0 saturated heterocycles. The van der Waals surface area contributed by atoms with Crippen molar-refractivity contribution in [2.75, 3.05) is 19.0 Å². The van der Waals surface area contributed by atoms with Crippen molar-refractivity contribution in [1.29, 1.82) is 0 Å². The van der Waals surface area contributed by atoms with Gasteiger partial charge in [0.05, 0.1) is 19.3 Å². The first kappa shape index (κ1) is 23.0. The third-order valence-corrected chi connectivity index (χ3v) is 5.51. The maximum atomic E-state index is 11.8. The van der Waals surface area contributed by atoms with Crippen LogP contribution in [0.2, 0.25) is 5.02 Å². The average molecular weight is 505 g/mol. The normalized spacial score (nSPS) is 10.5. The van der Waals surface area contributed by atoms with E-state index in [0.717, 1.165) is 21.3 Å². The molecule has 3 aromatic rings. The fourth-order valence-electron chi connectivity index (χ4n) is 2.86. The molecule has 5 nitrogen and oxygen atoms in total.